The molecule has 0 saturated carbocycles. The van der Waals surface area contributed by atoms with Crippen molar-refractivity contribution in [3.05, 3.63) is 24.0 Å². The first-order valence-corrected chi connectivity index (χ1v) is 7.10. The normalized spacial score (nSPS) is 15.7. The Morgan fingerprint density at radius 1 is 1.33 bits per heavy atom. The van der Waals surface area contributed by atoms with E-state index in [2.05, 4.69) is 10.6 Å². The van der Waals surface area contributed by atoms with Crippen molar-refractivity contribution in [1.82, 2.24) is 5.32 Å². The molecule has 0 atom stereocenters. The van der Waals surface area contributed by atoms with Gasteiger partial charge in [-0.25, -0.2) is 9.18 Å². The fourth-order valence-corrected chi connectivity index (χ4v) is 2.17. The van der Waals surface area contributed by atoms with Gasteiger partial charge < -0.3 is 15.0 Å². The van der Waals surface area contributed by atoms with Crippen LogP contribution in [0.5, 0.6) is 0 Å². The van der Waals surface area contributed by atoms with Crippen molar-refractivity contribution in [2.75, 3.05) is 36.4 Å². The minimum Gasteiger partial charge on any atom is -0.444 e. The lowest BCUT2D eigenvalue weighted by atomic mass is 10.2. The van der Waals surface area contributed by atoms with E-state index in [1.165, 1.54) is 6.07 Å². The first kappa shape index (κ1) is 15.6. The van der Waals surface area contributed by atoms with Gasteiger partial charge in [-0.05, 0) is 39.0 Å². The molecule has 1 fully saturated rings. The van der Waals surface area contributed by atoms with Crippen LogP contribution in [0.1, 0.15) is 20.8 Å². The summed E-state index contributed by atoms with van der Waals surface area (Å²) in [5, 5.41) is 5.76. The van der Waals surface area contributed by atoms with Gasteiger partial charge >= 0.3 is 6.09 Å². The number of nitrogens with one attached hydrogen (secondary N) is 2. The van der Waals surface area contributed by atoms with Crippen LogP contribution in [0.3, 0.4) is 0 Å². The average Bonchev–Trinajstić information content (AvgIpc) is 2.37. The number of hydrogen-bond donors (Lipinski definition) is 2. The third-order valence-electron chi connectivity index (χ3n) is 3.05. The highest BCUT2D eigenvalue weighted by atomic mass is 19.1. The van der Waals surface area contributed by atoms with Crippen LogP contribution in [0.15, 0.2) is 18.2 Å². The number of carbonyl (C=O) groups is 1. The quantitative estimate of drug-likeness (QED) is 0.880. The summed E-state index contributed by atoms with van der Waals surface area (Å²) in [5.41, 5.74) is 0.371. The summed E-state index contributed by atoms with van der Waals surface area (Å²) in [4.78, 5) is 13.6. The Labute approximate surface area is 124 Å². The molecule has 0 unspecified atom stereocenters. The molecule has 0 bridgehead atoms. The van der Waals surface area contributed by atoms with E-state index in [0.29, 0.717) is 11.4 Å². The van der Waals surface area contributed by atoms with E-state index >= 15 is 0 Å². The van der Waals surface area contributed by atoms with E-state index < -0.39 is 11.7 Å². The maximum absolute atomic E-state index is 14.2. The molecule has 0 radical (unpaired) electrons. The number of carbonyl (C=O) groups excluding carboxylic acids is 1. The monoisotopic (exact) mass is 295 g/mol. The van der Waals surface area contributed by atoms with Gasteiger partial charge in [-0.15, -0.1) is 0 Å². The molecule has 116 valence electrons. The van der Waals surface area contributed by atoms with Crippen molar-refractivity contribution in [2.24, 2.45) is 0 Å². The zero-order valence-electron chi connectivity index (χ0n) is 12.7. The van der Waals surface area contributed by atoms with Crippen LogP contribution < -0.4 is 15.5 Å². The Hall–Kier alpha value is -1.82. The average molecular weight is 295 g/mol. The first-order chi connectivity index (χ1) is 9.85. The molecule has 1 amide bonds. The third kappa shape index (κ3) is 4.60. The maximum atomic E-state index is 14.2. The molecule has 2 rings (SSSR count). The zero-order valence-corrected chi connectivity index (χ0v) is 12.7. The lowest BCUT2D eigenvalue weighted by molar-refractivity contribution is 0.0636. The Balaban J connectivity index is 2.03. The van der Waals surface area contributed by atoms with E-state index in [9.17, 15) is 9.18 Å². The van der Waals surface area contributed by atoms with Gasteiger partial charge in [0.2, 0.25) is 0 Å². The fourth-order valence-electron chi connectivity index (χ4n) is 2.17. The predicted octanol–water partition coefficient (Wildman–Crippen LogP) is 2.58. The van der Waals surface area contributed by atoms with Gasteiger partial charge in [0, 0.05) is 31.9 Å². The third-order valence-corrected chi connectivity index (χ3v) is 3.05. The van der Waals surface area contributed by atoms with E-state index in [1.54, 1.807) is 32.9 Å². The molecule has 1 aromatic carbocycles. The number of hydrogen-bond acceptors (Lipinski definition) is 4. The fraction of sp³-hybridized carbons (Fsp3) is 0.533. The van der Waals surface area contributed by atoms with Crippen LogP contribution in [-0.2, 0) is 4.74 Å². The number of piperazine rings is 1. The highest BCUT2D eigenvalue weighted by molar-refractivity contribution is 5.85. The molecule has 5 nitrogen and oxygen atoms in total. The summed E-state index contributed by atoms with van der Waals surface area (Å²) in [6, 6.07) is 4.69. The van der Waals surface area contributed by atoms with Gasteiger partial charge in [0.1, 0.15) is 11.4 Å². The summed E-state index contributed by atoms with van der Waals surface area (Å²) in [6.45, 7) is 8.57. The van der Waals surface area contributed by atoms with Gasteiger partial charge in [-0.1, -0.05) is 0 Å². The number of anilines is 2. The van der Waals surface area contributed by atoms with Gasteiger partial charge in [-0.3, -0.25) is 5.32 Å². The topological polar surface area (TPSA) is 53.6 Å². The van der Waals surface area contributed by atoms with Crippen molar-refractivity contribution in [3.63, 3.8) is 0 Å². The minimum absolute atomic E-state index is 0.342. The van der Waals surface area contributed by atoms with E-state index in [-0.39, 0.29) is 5.82 Å². The van der Waals surface area contributed by atoms with Crippen LogP contribution >= 0.6 is 0 Å². The standard InChI is InChI=1S/C15H22FN3O2/c1-15(2,3)21-14(20)18-11-4-5-13(12(16)10-11)19-8-6-17-7-9-19/h4-5,10,17H,6-9H2,1-3H3,(H,18,20). The molecule has 1 saturated heterocycles. The summed E-state index contributed by atoms with van der Waals surface area (Å²) in [5.74, 6) is -0.342. The van der Waals surface area contributed by atoms with Gasteiger partial charge in [-0.2, -0.15) is 0 Å². The maximum Gasteiger partial charge on any atom is 0.412 e. The lowest BCUT2D eigenvalue weighted by Crippen LogP contribution is -2.43. The molecule has 1 aliphatic rings. The molecule has 0 spiro atoms. The number of amides is 1. The molecule has 0 aliphatic carbocycles. The second-order valence-corrected chi connectivity index (χ2v) is 6.03. The van der Waals surface area contributed by atoms with Gasteiger partial charge in [0.05, 0.1) is 5.69 Å². The molecular formula is C15H22FN3O2. The highest BCUT2D eigenvalue weighted by Gasteiger charge is 2.18. The van der Waals surface area contributed by atoms with Crippen molar-refractivity contribution in [2.45, 2.75) is 26.4 Å². The lowest BCUT2D eigenvalue weighted by Gasteiger charge is -2.29. The highest BCUT2D eigenvalue weighted by Crippen LogP contribution is 2.23. The van der Waals surface area contributed by atoms with E-state index in [1.807, 2.05) is 4.90 Å². The Morgan fingerprint density at radius 2 is 2.00 bits per heavy atom. The number of halogens is 1. The molecule has 2 N–H and O–H groups in total. The van der Waals surface area contributed by atoms with Crippen molar-refractivity contribution < 1.29 is 13.9 Å². The van der Waals surface area contributed by atoms with Crippen LogP contribution in [-0.4, -0.2) is 37.9 Å². The Kier molecular flexibility index (Phi) is 4.67. The summed E-state index contributed by atoms with van der Waals surface area (Å²) < 4.78 is 19.3. The zero-order chi connectivity index (χ0) is 15.5. The summed E-state index contributed by atoms with van der Waals surface area (Å²) >= 11 is 0. The van der Waals surface area contributed by atoms with Crippen molar-refractivity contribution in [3.8, 4) is 0 Å². The molecule has 6 heteroatoms. The second kappa shape index (κ2) is 6.30. The van der Waals surface area contributed by atoms with Crippen molar-refractivity contribution >= 4 is 17.5 Å². The van der Waals surface area contributed by atoms with E-state index in [4.69, 9.17) is 4.74 Å². The predicted molar refractivity (Wildman–Crippen MR) is 81.3 cm³/mol. The van der Waals surface area contributed by atoms with Crippen LogP contribution in [0.25, 0.3) is 0 Å². The number of benzene rings is 1. The number of rotatable bonds is 2. The Morgan fingerprint density at radius 3 is 2.57 bits per heavy atom. The van der Waals surface area contributed by atoms with E-state index in [0.717, 1.165) is 26.2 Å². The number of ether oxygens (including phenoxy) is 1. The SMILES string of the molecule is CC(C)(C)OC(=O)Nc1ccc(N2CCNCC2)c(F)c1. The minimum atomic E-state index is -0.586. The largest absolute Gasteiger partial charge is 0.444 e. The second-order valence-electron chi connectivity index (χ2n) is 6.03. The summed E-state index contributed by atoms with van der Waals surface area (Å²) in [7, 11) is 0. The summed E-state index contributed by atoms with van der Waals surface area (Å²) in [6.07, 6.45) is -0.586. The smallest absolute Gasteiger partial charge is 0.412 e. The van der Waals surface area contributed by atoms with Crippen LogP contribution in [0, 0.1) is 5.82 Å². The van der Waals surface area contributed by atoms with Gasteiger partial charge in [0.15, 0.2) is 0 Å². The molecule has 1 aliphatic heterocycles. The first-order valence-electron chi connectivity index (χ1n) is 7.10. The Bertz CT molecular complexity index is 508. The van der Waals surface area contributed by atoms with Crippen LogP contribution in [0.2, 0.25) is 0 Å². The molecule has 1 heterocycles. The number of nitrogens with zero attached hydrogens (tertiary/aromatic N) is 1. The molecular weight excluding hydrogens is 273 g/mol. The molecule has 21 heavy (non-hydrogen) atoms. The van der Waals surface area contributed by atoms with Crippen LogP contribution in [0.4, 0.5) is 20.6 Å². The van der Waals surface area contributed by atoms with Crippen molar-refractivity contribution in [1.29, 1.82) is 0 Å². The van der Waals surface area contributed by atoms with Gasteiger partial charge in [0.25, 0.3) is 0 Å². The molecule has 0 aromatic heterocycles. The molecule has 1 aromatic rings.